The van der Waals surface area contributed by atoms with Crippen molar-refractivity contribution in [1.82, 2.24) is 10.6 Å². The van der Waals surface area contributed by atoms with Crippen LogP contribution < -0.4 is 10.6 Å². The maximum absolute atomic E-state index is 11.7. The second-order valence-electron chi connectivity index (χ2n) is 5.99. The third-order valence-corrected chi connectivity index (χ3v) is 2.97. The third kappa shape index (κ3) is 8.17. The van der Waals surface area contributed by atoms with Crippen molar-refractivity contribution in [3.05, 3.63) is 0 Å². The van der Waals surface area contributed by atoms with Gasteiger partial charge in [0.2, 0.25) is 17.9 Å². The fourth-order valence-electron chi connectivity index (χ4n) is 1.35. The number of carboxylic acids is 1. The summed E-state index contributed by atoms with van der Waals surface area (Å²) < 4.78 is 4.58. The lowest BCUT2D eigenvalue weighted by molar-refractivity contribution is -0.179. The minimum atomic E-state index is -2.34. The zero-order valence-corrected chi connectivity index (χ0v) is 13.6. The number of amides is 1. The Hall–Kier alpha value is -1.79. The van der Waals surface area contributed by atoms with Gasteiger partial charge >= 0.3 is 11.9 Å². The summed E-state index contributed by atoms with van der Waals surface area (Å²) in [6.07, 6.45) is -3.34. The molecule has 0 aliphatic heterocycles. The van der Waals surface area contributed by atoms with Crippen molar-refractivity contribution in [1.29, 1.82) is 0 Å². The van der Waals surface area contributed by atoms with Crippen LogP contribution in [0.2, 0.25) is 0 Å². The van der Waals surface area contributed by atoms with E-state index >= 15 is 0 Å². The Morgan fingerprint density at radius 2 is 1.71 bits per heavy atom. The van der Waals surface area contributed by atoms with Crippen LogP contribution in [0, 0.1) is 5.41 Å². The van der Waals surface area contributed by atoms with Crippen molar-refractivity contribution in [2.75, 3.05) is 19.7 Å². The molecular weight excluding hydrogens is 328 g/mol. The predicted octanol–water partition coefficient (Wildman–Crippen LogP) is -3.27. The molecular formula is C13H24N2O9. The first kappa shape index (κ1) is 22.2. The van der Waals surface area contributed by atoms with Gasteiger partial charge in [0.1, 0.15) is 6.10 Å². The van der Waals surface area contributed by atoms with E-state index in [2.05, 4.69) is 10.1 Å². The topological polar surface area (TPSA) is 186 Å². The van der Waals surface area contributed by atoms with Crippen LogP contribution in [0.4, 0.5) is 0 Å². The molecule has 0 heterocycles. The van der Waals surface area contributed by atoms with E-state index in [-0.39, 0.29) is 0 Å². The van der Waals surface area contributed by atoms with Crippen LogP contribution in [0.3, 0.4) is 0 Å². The molecule has 11 nitrogen and oxygen atoms in total. The summed E-state index contributed by atoms with van der Waals surface area (Å²) in [5.41, 5.74) is -1.14. The molecule has 0 saturated heterocycles. The molecule has 0 bridgehead atoms. The van der Waals surface area contributed by atoms with Gasteiger partial charge in [-0.2, -0.15) is 0 Å². The molecule has 0 aliphatic rings. The number of hydrogen-bond donors (Lipinski definition) is 7. The average Bonchev–Trinajstić information content (AvgIpc) is 2.47. The molecule has 1 unspecified atom stereocenters. The molecule has 0 spiro atoms. The number of hydrogen-bond acceptors (Lipinski definition) is 9. The minimum absolute atomic E-state index is 0.480. The van der Waals surface area contributed by atoms with Gasteiger partial charge in [-0.3, -0.25) is 14.9 Å². The molecule has 0 saturated carbocycles. The summed E-state index contributed by atoms with van der Waals surface area (Å²) in [4.78, 5) is 34.2. The Morgan fingerprint density at radius 1 is 1.17 bits per heavy atom. The highest BCUT2D eigenvalue weighted by Crippen LogP contribution is 2.19. The zero-order chi connectivity index (χ0) is 19.1. The van der Waals surface area contributed by atoms with Crippen LogP contribution in [-0.2, 0) is 19.1 Å². The Bertz CT molecular complexity index is 459. The molecule has 0 aromatic rings. The number of aliphatic hydroxyl groups excluding tert-OH is 2. The normalized spacial score (nSPS) is 14.6. The number of ether oxygens (including phenoxy) is 1. The van der Waals surface area contributed by atoms with E-state index in [0.717, 1.165) is 6.92 Å². The van der Waals surface area contributed by atoms with Gasteiger partial charge in [-0.25, -0.2) is 4.79 Å². The molecule has 1 amide bonds. The smallest absolute Gasteiger partial charge is 0.346 e. The van der Waals surface area contributed by atoms with Crippen LogP contribution >= 0.6 is 0 Å². The van der Waals surface area contributed by atoms with Gasteiger partial charge in [-0.15, -0.1) is 0 Å². The summed E-state index contributed by atoms with van der Waals surface area (Å²) in [5.74, 6) is -5.92. The maximum Gasteiger partial charge on any atom is 0.346 e. The number of aliphatic carboxylic acids is 1. The maximum atomic E-state index is 11.7. The van der Waals surface area contributed by atoms with Crippen LogP contribution in [0.25, 0.3) is 0 Å². The molecule has 2 atom stereocenters. The van der Waals surface area contributed by atoms with Crippen molar-refractivity contribution in [2.24, 2.45) is 5.41 Å². The highest BCUT2D eigenvalue weighted by molar-refractivity contribution is 5.83. The summed E-state index contributed by atoms with van der Waals surface area (Å²) >= 11 is 0. The number of aliphatic hydroxyl groups is 4. The second kappa shape index (κ2) is 8.89. The van der Waals surface area contributed by atoms with Gasteiger partial charge < -0.3 is 35.6 Å². The van der Waals surface area contributed by atoms with Gasteiger partial charge in [0, 0.05) is 12.3 Å². The molecule has 140 valence electrons. The van der Waals surface area contributed by atoms with E-state index in [4.69, 9.17) is 20.4 Å². The summed E-state index contributed by atoms with van der Waals surface area (Å²) in [5, 5.41) is 49.8. The molecule has 0 aromatic carbocycles. The third-order valence-electron chi connectivity index (χ3n) is 2.97. The highest BCUT2D eigenvalue weighted by Gasteiger charge is 2.34. The summed E-state index contributed by atoms with van der Waals surface area (Å²) in [6, 6.07) is 0. The molecule has 0 aliphatic carbocycles. The van der Waals surface area contributed by atoms with Crippen molar-refractivity contribution in [3.8, 4) is 0 Å². The van der Waals surface area contributed by atoms with E-state index in [1.54, 1.807) is 0 Å². The Morgan fingerprint density at radius 3 is 2.12 bits per heavy atom. The van der Waals surface area contributed by atoms with Crippen molar-refractivity contribution in [3.63, 3.8) is 0 Å². The number of nitrogens with one attached hydrogen (secondary N) is 2. The average molecular weight is 352 g/mol. The molecule has 0 radical (unpaired) electrons. The van der Waals surface area contributed by atoms with E-state index in [0.29, 0.717) is 0 Å². The quantitative estimate of drug-likeness (QED) is 0.155. The van der Waals surface area contributed by atoms with E-state index in [1.807, 2.05) is 5.32 Å². The number of rotatable bonds is 10. The van der Waals surface area contributed by atoms with Gasteiger partial charge in [-0.05, 0) is 0 Å². The van der Waals surface area contributed by atoms with Crippen LogP contribution in [-0.4, -0.2) is 81.2 Å². The molecule has 0 fully saturated rings. The number of carboxylic acid groups (broad SMARTS) is 1. The standard InChI is InChI=1S/C13H24N2O9/c1-12(2,6-16)9(18)10(19)14-4-7(11(20)21)24-8(17)5-15-13(3,22)23/h7,9,15-16,18,22-23H,4-6H2,1-3H3,(H,14,19)(H,20,21)/t7?,9-/m0/s1. The van der Waals surface area contributed by atoms with Crippen LogP contribution in [0.5, 0.6) is 0 Å². The largest absolute Gasteiger partial charge is 0.478 e. The van der Waals surface area contributed by atoms with E-state index < -0.39 is 61.1 Å². The predicted molar refractivity (Wildman–Crippen MR) is 78.2 cm³/mol. The minimum Gasteiger partial charge on any atom is -0.478 e. The number of carbonyl (C=O) groups excluding carboxylic acids is 2. The molecule has 7 N–H and O–H groups in total. The number of carbonyl (C=O) groups is 3. The first-order valence-corrected chi connectivity index (χ1v) is 6.99. The van der Waals surface area contributed by atoms with Crippen LogP contribution in [0.1, 0.15) is 20.8 Å². The van der Waals surface area contributed by atoms with Crippen molar-refractivity contribution < 1.29 is 44.7 Å². The van der Waals surface area contributed by atoms with E-state index in [9.17, 15) is 19.5 Å². The molecule has 24 heavy (non-hydrogen) atoms. The van der Waals surface area contributed by atoms with Crippen LogP contribution in [0.15, 0.2) is 0 Å². The Labute approximate surface area is 138 Å². The highest BCUT2D eigenvalue weighted by atomic mass is 16.6. The van der Waals surface area contributed by atoms with Gasteiger partial charge in [0.05, 0.1) is 19.7 Å². The first-order valence-electron chi connectivity index (χ1n) is 6.99. The van der Waals surface area contributed by atoms with Crippen molar-refractivity contribution >= 4 is 17.8 Å². The molecule has 11 heteroatoms. The fraction of sp³-hybridized carbons (Fsp3) is 0.769. The second-order valence-corrected chi connectivity index (χ2v) is 5.99. The molecule has 0 rings (SSSR count). The lowest BCUT2D eigenvalue weighted by atomic mass is 9.87. The summed E-state index contributed by atoms with van der Waals surface area (Å²) in [7, 11) is 0. The Balaban J connectivity index is 4.58. The van der Waals surface area contributed by atoms with Crippen molar-refractivity contribution in [2.45, 2.75) is 38.9 Å². The lowest BCUT2D eigenvalue weighted by Crippen LogP contribution is -2.50. The monoisotopic (exact) mass is 352 g/mol. The first-order chi connectivity index (χ1) is 10.8. The van der Waals surface area contributed by atoms with Gasteiger partial charge in [0.25, 0.3) is 0 Å². The summed E-state index contributed by atoms with van der Waals surface area (Å²) in [6.45, 7) is 2.03. The van der Waals surface area contributed by atoms with Gasteiger partial charge in [0.15, 0.2) is 0 Å². The lowest BCUT2D eigenvalue weighted by Gasteiger charge is -2.27. The van der Waals surface area contributed by atoms with E-state index in [1.165, 1.54) is 13.8 Å². The fourth-order valence-corrected chi connectivity index (χ4v) is 1.35. The SMILES string of the molecule is CC(O)(O)NCC(=O)OC(CNC(=O)[C@H](O)C(C)(C)CO)C(=O)O. The Kier molecular flexibility index (Phi) is 8.23. The van der Waals surface area contributed by atoms with Gasteiger partial charge in [-0.1, -0.05) is 13.8 Å². The zero-order valence-electron chi connectivity index (χ0n) is 13.6. The molecule has 0 aromatic heterocycles. The number of esters is 1.